The van der Waals surface area contributed by atoms with Crippen molar-refractivity contribution >= 4 is 50.6 Å². The number of nitrogens with one attached hydrogen (secondary N) is 1. The molecule has 0 aliphatic carbocycles. The molecule has 2 heterocycles. The maximum absolute atomic E-state index is 11.6. The molecule has 0 aliphatic rings. The van der Waals surface area contributed by atoms with Crippen molar-refractivity contribution in [1.82, 2.24) is 20.4 Å². The fourth-order valence-corrected chi connectivity index (χ4v) is 3.29. The lowest BCUT2D eigenvalue weighted by Gasteiger charge is -1.99. The molecule has 2 rings (SSSR count). The molecule has 0 atom stereocenters. The number of carbonyl (C=O) groups is 1. The van der Waals surface area contributed by atoms with Crippen molar-refractivity contribution in [3.63, 3.8) is 0 Å². The van der Waals surface area contributed by atoms with Gasteiger partial charge in [0.25, 0.3) is 0 Å². The molecule has 0 saturated carbocycles. The van der Waals surface area contributed by atoms with E-state index in [1.54, 1.807) is 0 Å². The maximum atomic E-state index is 11.6. The Morgan fingerprint density at radius 2 is 2.17 bits per heavy atom. The van der Waals surface area contributed by atoms with E-state index < -0.39 is 0 Å². The van der Waals surface area contributed by atoms with E-state index in [0.717, 1.165) is 9.35 Å². The van der Waals surface area contributed by atoms with E-state index in [0.29, 0.717) is 22.4 Å². The van der Waals surface area contributed by atoms with Crippen LogP contribution in [0.3, 0.4) is 0 Å². The molecule has 0 aromatic carbocycles. The van der Waals surface area contributed by atoms with E-state index in [1.165, 1.54) is 34.4 Å². The summed E-state index contributed by atoms with van der Waals surface area (Å²) in [4.78, 5) is 11.6. The van der Waals surface area contributed by atoms with Crippen LogP contribution in [0.15, 0.2) is 4.34 Å². The first kappa shape index (κ1) is 13.2. The number of carbonyl (C=O) groups excluding carboxylic acids is 1. The Balaban J connectivity index is 1.72. The van der Waals surface area contributed by atoms with Crippen molar-refractivity contribution in [2.75, 3.05) is 16.8 Å². The summed E-state index contributed by atoms with van der Waals surface area (Å²) < 4.78 is 0.770. The number of aryl methyl sites for hydroxylation is 1. The lowest BCUT2D eigenvalue weighted by molar-refractivity contribution is -0.115. The number of nitrogens with zero attached hydrogens (tertiary/aromatic N) is 4. The SMILES string of the molecule is Cc1nnc(NC(=O)CCSc2nnc(N)s2)s1. The van der Waals surface area contributed by atoms with Crippen LogP contribution in [0.2, 0.25) is 0 Å². The molecule has 96 valence electrons. The Morgan fingerprint density at radius 1 is 1.33 bits per heavy atom. The molecule has 18 heavy (non-hydrogen) atoms. The van der Waals surface area contributed by atoms with Gasteiger partial charge in [-0.3, -0.25) is 4.79 Å². The molecular formula is C8H10N6OS3. The van der Waals surface area contributed by atoms with Crippen LogP contribution in [0.1, 0.15) is 11.4 Å². The number of amides is 1. The highest BCUT2D eigenvalue weighted by Crippen LogP contribution is 2.24. The first-order valence-electron chi connectivity index (χ1n) is 4.95. The summed E-state index contributed by atoms with van der Waals surface area (Å²) >= 11 is 4.12. The third-order valence-corrected chi connectivity index (χ3v) is 4.39. The molecule has 0 aliphatic heterocycles. The molecule has 0 spiro atoms. The van der Waals surface area contributed by atoms with Crippen LogP contribution >= 0.6 is 34.4 Å². The fourth-order valence-electron chi connectivity index (χ4n) is 1.04. The average Bonchev–Trinajstić information content (AvgIpc) is 2.88. The smallest absolute Gasteiger partial charge is 0.227 e. The lowest BCUT2D eigenvalue weighted by atomic mass is 10.5. The van der Waals surface area contributed by atoms with Gasteiger partial charge in [0, 0.05) is 12.2 Å². The normalized spacial score (nSPS) is 10.5. The number of hydrogen-bond acceptors (Lipinski definition) is 9. The molecule has 0 saturated heterocycles. The highest BCUT2D eigenvalue weighted by molar-refractivity contribution is 8.01. The Kier molecular flexibility index (Phi) is 4.44. The van der Waals surface area contributed by atoms with Gasteiger partial charge in [-0.1, -0.05) is 34.4 Å². The van der Waals surface area contributed by atoms with Gasteiger partial charge < -0.3 is 11.1 Å². The number of nitrogens with two attached hydrogens (primary N) is 1. The van der Waals surface area contributed by atoms with Crippen LogP contribution in [0.4, 0.5) is 10.3 Å². The van der Waals surface area contributed by atoms with Gasteiger partial charge in [0.05, 0.1) is 0 Å². The van der Waals surface area contributed by atoms with Crippen LogP contribution in [-0.4, -0.2) is 32.1 Å². The average molecular weight is 302 g/mol. The summed E-state index contributed by atoms with van der Waals surface area (Å²) in [7, 11) is 0. The highest BCUT2D eigenvalue weighted by atomic mass is 32.2. The zero-order chi connectivity index (χ0) is 13.0. The fraction of sp³-hybridized carbons (Fsp3) is 0.375. The molecule has 10 heteroatoms. The topological polar surface area (TPSA) is 107 Å². The lowest BCUT2D eigenvalue weighted by Crippen LogP contribution is -2.11. The van der Waals surface area contributed by atoms with E-state index in [2.05, 4.69) is 25.7 Å². The number of hydrogen-bond donors (Lipinski definition) is 2. The Bertz CT molecular complexity index is 538. The predicted octanol–water partition coefficient (Wildman–Crippen LogP) is 1.40. The molecule has 7 nitrogen and oxygen atoms in total. The van der Waals surface area contributed by atoms with Crippen LogP contribution < -0.4 is 11.1 Å². The first-order valence-corrected chi connectivity index (χ1v) is 7.57. The van der Waals surface area contributed by atoms with Crippen LogP contribution in [0.5, 0.6) is 0 Å². The molecule has 2 aromatic rings. The standard InChI is InChI=1S/C8H10N6OS3/c1-4-11-13-7(17-4)10-5(15)2-3-16-8-14-12-6(9)18-8/h2-3H2,1H3,(H2,9,12)(H,10,13,15). The summed E-state index contributed by atoms with van der Waals surface area (Å²) in [5, 5.41) is 19.7. The Labute approximate surface area is 115 Å². The van der Waals surface area contributed by atoms with E-state index in [4.69, 9.17) is 5.73 Å². The molecule has 0 unspecified atom stereocenters. The van der Waals surface area contributed by atoms with Crippen molar-refractivity contribution in [1.29, 1.82) is 0 Å². The van der Waals surface area contributed by atoms with Gasteiger partial charge in [-0.15, -0.1) is 20.4 Å². The van der Waals surface area contributed by atoms with E-state index in [1.807, 2.05) is 6.92 Å². The van der Waals surface area contributed by atoms with Gasteiger partial charge in [-0.05, 0) is 6.92 Å². The third kappa shape index (κ3) is 3.89. The van der Waals surface area contributed by atoms with Gasteiger partial charge in [-0.2, -0.15) is 0 Å². The number of nitrogen functional groups attached to an aromatic ring is 1. The number of rotatable bonds is 5. The zero-order valence-corrected chi connectivity index (χ0v) is 11.9. The number of aromatic nitrogens is 4. The summed E-state index contributed by atoms with van der Waals surface area (Å²) in [6, 6.07) is 0. The van der Waals surface area contributed by atoms with Crippen molar-refractivity contribution in [3.8, 4) is 0 Å². The largest absolute Gasteiger partial charge is 0.374 e. The Morgan fingerprint density at radius 3 is 2.78 bits per heavy atom. The van der Waals surface area contributed by atoms with Crippen molar-refractivity contribution in [2.24, 2.45) is 0 Å². The minimum Gasteiger partial charge on any atom is -0.374 e. The molecule has 1 amide bonds. The van der Waals surface area contributed by atoms with Crippen LogP contribution in [0.25, 0.3) is 0 Å². The maximum Gasteiger partial charge on any atom is 0.227 e. The van der Waals surface area contributed by atoms with Crippen molar-refractivity contribution < 1.29 is 4.79 Å². The minimum absolute atomic E-state index is 0.0869. The molecule has 0 fully saturated rings. The molecule has 3 N–H and O–H groups in total. The summed E-state index contributed by atoms with van der Waals surface area (Å²) in [6.45, 7) is 1.84. The zero-order valence-electron chi connectivity index (χ0n) is 9.41. The second-order valence-corrected chi connectivity index (χ2v) is 6.71. The van der Waals surface area contributed by atoms with Crippen molar-refractivity contribution in [2.45, 2.75) is 17.7 Å². The summed E-state index contributed by atoms with van der Waals surface area (Å²) in [5.74, 6) is 0.536. The number of thioether (sulfide) groups is 1. The molecule has 0 radical (unpaired) electrons. The molecule has 0 bridgehead atoms. The van der Waals surface area contributed by atoms with Gasteiger partial charge in [0.1, 0.15) is 5.01 Å². The monoisotopic (exact) mass is 302 g/mol. The van der Waals surface area contributed by atoms with Gasteiger partial charge in [0.2, 0.25) is 16.2 Å². The quantitative estimate of drug-likeness (QED) is 0.804. The summed E-state index contributed by atoms with van der Waals surface area (Å²) in [6.07, 6.45) is 0.378. The second-order valence-electron chi connectivity index (χ2n) is 3.18. The van der Waals surface area contributed by atoms with Gasteiger partial charge in [-0.25, -0.2) is 0 Å². The Hall–Kier alpha value is -1.26. The van der Waals surface area contributed by atoms with Gasteiger partial charge >= 0.3 is 0 Å². The predicted molar refractivity (Wildman–Crippen MR) is 72.9 cm³/mol. The minimum atomic E-state index is -0.0869. The molecule has 2 aromatic heterocycles. The van der Waals surface area contributed by atoms with E-state index in [9.17, 15) is 4.79 Å². The van der Waals surface area contributed by atoms with Gasteiger partial charge in [0.15, 0.2) is 4.34 Å². The third-order valence-electron chi connectivity index (χ3n) is 1.75. The van der Waals surface area contributed by atoms with Crippen LogP contribution in [-0.2, 0) is 4.79 Å². The van der Waals surface area contributed by atoms with E-state index >= 15 is 0 Å². The first-order chi connectivity index (χ1) is 8.63. The van der Waals surface area contributed by atoms with Crippen molar-refractivity contribution in [3.05, 3.63) is 5.01 Å². The number of anilines is 2. The molecular weight excluding hydrogens is 292 g/mol. The second kappa shape index (κ2) is 6.07. The van der Waals surface area contributed by atoms with E-state index in [-0.39, 0.29) is 5.91 Å². The summed E-state index contributed by atoms with van der Waals surface area (Å²) in [5.41, 5.74) is 5.45. The highest BCUT2D eigenvalue weighted by Gasteiger charge is 2.08. The van der Waals surface area contributed by atoms with Crippen LogP contribution in [0, 0.1) is 6.92 Å².